The molecule has 1 aliphatic carbocycles. The summed E-state index contributed by atoms with van der Waals surface area (Å²) in [4.78, 5) is 4.34. The monoisotopic (exact) mass is 240 g/mol. The Morgan fingerprint density at radius 3 is 3.33 bits per heavy atom. The van der Waals surface area contributed by atoms with Crippen LogP contribution in [0.25, 0.3) is 16.7 Å². The minimum absolute atomic E-state index is 0.624. The third kappa shape index (κ3) is 1.51. The highest BCUT2D eigenvalue weighted by molar-refractivity contribution is 5.79. The number of hydrogen-bond acceptors (Lipinski definition) is 3. The first-order valence-corrected chi connectivity index (χ1v) is 6.67. The fourth-order valence-corrected chi connectivity index (χ4v) is 3.28. The SMILES string of the molecule is C1=C(c2cc3ncccc3o2)[C@@H]2CNCC[C@@H]2C1. The molecular formula is C15H16N2O. The highest BCUT2D eigenvalue weighted by atomic mass is 16.3. The molecule has 4 rings (SSSR count). The van der Waals surface area contributed by atoms with Crippen LogP contribution in [0.5, 0.6) is 0 Å². The van der Waals surface area contributed by atoms with Crippen molar-refractivity contribution in [3.05, 3.63) is 36.2 Å². The van der Waals surface area contributed by atoms with Gasteiger partial charge in [0.2, 0.25) is 0 Å². The van der Waals surface area contributed by atoms with E-state index in [0.717, 1.165) is 35.9 Å². The summed E-state index contributed by atoms with van der Waals surface area (Å²) in [5.74, 6) is 2.45. The van der Waals surface area contributed by atoms with E-state index in [1.165, 1.54) is 18.4 Å². The van der Waals surface area contributed by atoms with Crippen LogP contribution in [0.1, 0.15) is 18.6 Å². The summed E-state index contributed by atoms with van der Waals surface area (Å²) < 4.78 is 5.94. The zero-order valence-electron chi connectivity index (χ0n) is 10.2. The summed E-state index contributed by atoms with van der Waals surface area (Å²) in [6.45, 7) is 2.24. The van der Waals surface area contributed by atoms with E-state index >= 15 is 0 Å². The number of hydrogen-bond donors (Lipinski definition) is 1. The molecule has 1 N–H and O–H groups in total. The van der Waals surface area contributed by atoms with Gasteiger partial charge in [0.05, 0.1) is 0 Å². The molecule has 2 atom stereocenters. The Hall–Kier alpha value is -1.61. The molecule has 2 aromatic heterocycles. The molecule has 0 aromatic carbocycles. The van der Waals surface area contributed by atoms with Crippen LogP contribution in [-0.4, -0.2) is 18.1 Å². The van der Waals surface area contributed by atoms with Crippen LogP contribution in [0, 0.1) is 11.8 Å². The number of nitrogens with one attached hydrogen (secondary N) is 1. The van der Waals surface area contributed by atoms with Crippen molar-refractivity contribution < 1.29 is 4.42 Å². The van der Waals surface area contributed by atoms with Crippen LogP contribution < -0.4 is 5.32 Å². The number of allylic oxidation sites excluding steroid dienone is 1. The third-order valence-electron chi connectivity index (χ3n) is 4.24. The Bertz CT molecular complexity index is 581. The third-order valence-corrected chi connectivity index (χ3v) is 4.24. The highest BCUT2D eigenvalue weighted by Crippen LogP contribution is 2.42. The van der Waals surface area contributed by atoms with Gasteiger partial charge in [-0.15, -0.1) is 0 Å². The van der Waals surface area contributed by atoms with Crippen molar-refractivity contribution in [3.63, 3.8) is 0 Å². The molecule has 92 valence electrons. The van der Waals surface area contributed by atoms with Crippen molar-refractivity contribution in [3.8, 4) is 0 Å². The van der Waals surface area contributed by atoms with Gasteiger partial charge in [-0.25, -0.2) is 0 Å². The summed E-state index contributed by atoms with van der Waals surface area (Å²) in [5.41, 5.74) is 3.23. The van der Waals surface area contributed by atoms with Crippen molar-refractivity contribution in [2.24, 2.45) is 11.8 Å². The summed E-state index contributed by atoms with van der Waals surface area (Å²) in [6, 6.07) is 5.99. The van der Waals surface area contributed by atoms with E-state index in [-0.39, 0.29) is 0 Å². The molecule has 0 spiro atoms. The van der Waals surface area contributed by atoms with E-state index in [1.807, 2.05) is 18.3 Å². The minimum atomic E-state index is 0.624. The quantitative estimate of drug-likeness (QED) is 0.833. The van der Waals surface area contributed by atoms with E-state index in [2.05, 4.69) is 22.4 Å². The molecule has 0 unspecified atom stereocenters. The van der Waals surface area contributed by atoms with Crippen LogP contribution >= 0.6 is 0 Å². The van der Waals surface area contributed by atoms with Gasteiger partial charge in [-0.1, -0.05) is 6.08 Å². The molecule has 1 saturated heterocycles. The maximum Gasteiger partial charge on any atom is 0.153 e. The van der Waals surface area contributed by atoms with Crippen LogP contribution in [0.3, 0.4) is 0 Å². The predicted molar refractivity (Wildman–Crippen MR) is 71.1 cm³/mol. The highest BCUT2D eigenvalue weighted by Gasteiger charge is 2.33. The van der Waals surface area contributed by atoms with E-state index in [9.17, 15) is 0 Å². The molecule has 0 radical (unpaired) electrons. The lowest BCUT2D eigenvalue weighted by Gasteiger charge is -2.27. The second-order valence-electron chi connectivity index (χ2n) is 5.25. The maximum absolute atomic E-state index is 5.94. The van der Waals surface area contributed by atoms with Crippen LogP contribution in [0.15, 0.2) is 34.9 Å². The Kier molecular flexibility index (Phi) is 2.27. The van der Waals surface area contributed by atoms with Gasteiger partial charge < -0.3 is 9.73 Å². The molecule has 3 nitrogen and oxygen atoms in total. The van der Waals surface area contributed by atoms with Crippen molar-refractivity contribution in [2.45, 2.75) is 12.8 Å². The Morgan fingerprint density at radius 2 is 2.39 bits per heavy atom. The zero-order chi connectivity index (χ0) is 11.9. The number of aromatic nitrogens is 1. The lowest BCUT2D eigenvalue weighted by Crippen LogP contribution is -2.34. The van der Waals surface area contributed by atoms with E-state index < -0.39 is 0 Å². The summed E-state index contributed by atoms with van der Waals surface area (Å²) in [5, 5.41) is 3.49. The molecule has 18 heavy (non-hydrogen) atoms. The van der Waals surface area contributed by atoms with Crippen molar-refractivity contribution in [2.75, 3.05) is 13.1 Å². The summed E-state index contributed by atoms with van der Waals surface area (Å²) >= 11 is 0. The van der Waals surface area contributed by atoms with Gasteiger partial charge in [0.25, 0.3) is 0 Å². The molecule has 3 heteroatoms. The van der Waals surface area contributed by atoms with Crippen LogP contribution in [0.2, 0.25) is 0 Å². The molecular weight excluding hydrogens is 224 g/mol. The smallest absolute Gasteiger partial charge is 0.153 e. The fourth-order valence-electron chi connectivity index (χ4n) is 3.28. The first kappa shape index (κ1) is 10.3. The van der Waals surface area contributed by atoms with E-state index in [1.54, 1.807) is 0 Å². The van der Waals surface area contributed by atoms with Crippen molar-refractivity contribution in [1.82, 2.24) is 10.3 Å². The van der Waals surface area contributed by atoms with Crippen LogP contribution in [-0.2, 0) is 0 Å². The number of pyridine rings is 1. The second-order valence-corrected chi connectivity index (χ2v) is 5.25. The van der Waals surface area contributed by atoms with Crippen molar-refractivity contribution in [1.29, 1.82) is 0 Å². The van der Waals surface area contributed by atoms with E-state index in [4.69, 9.17) is 4.42 Å². The summed E-state index contributed by atoms with van der Waals surface area (Å²) in [7, 11) is 0. The van der Waals surface area contributed by atoms with Gasteiger partial charge in [-0.2, -0.15) is 0 Å². The second kappa shape index (κ2) is 3.95. The molecule has 0 amide bonds. The summed E-state index contributed by atoms with van der Waals surface area (Å²) in [6.07, 6.45) is 6.66. The first-order chi connectivity index (χ1) is 8.92. The predicted octanol–water partition coefficient (Wildman–Crippen LogP) is 2.84. The molecule has 0 bridgehead atoms. The van der Waals surface area contributed by atoms with Crippen LogP contribution in [0.4, 0.5) is 0 Å². The molecule has 1 fully saturated rings. The molecule has 0 saturated carbocycles. The number of nitrogens with zero attached hydrogens (tertiary/aromatic N) is 1. The van der Waals surface area contributed by atoms with Gasteiger partial charge in [-0.05, 0) is 43.0 Å². The van der Waals surface area contributed by atoms with E-state index in [0.29, 0.717) is 5.92 Å². The average Bonchev–Trinajstić information content (AvgIpc) is 3.02. The molecule has 2 aliphatic rings. The number of rotatable bonds is 1. The number of piperidine rings is 1. The maximum atomic E-state index is 5.94. The van der Waals surface area contributed by atoms with Gasteiger partial charge in [-0.3, -0.25) is 4.98 Å². The standard InChI is InChI=1S/C15H16N2O/c1-2-14-13(17-6-1)8-15(18-14)11-4-3-10-5-7-16-9-12(10)11/h1-2,4,6,8,10,12,16H,3,5,7,9H2/t10-,12+/m0/s1. The Balaban J connectivity index is 1.74. The Morgan fingerprint density at radius 1 is 1.39 bits per heavy atom. The zero-order valence-corrected chi connectivity index (χ0v) is 10.2. The average molecular weight is 240 g/mol. The van der Waals surface area contributed by atoms with Crippen molar-refractivity contribution >= 4 is 16.7 Å². The van der Waals surface area contributed by atoms with Gasteiger partial charge >= 0.3 is 0 Å². The largest absolute Gasteiger partial charge is 0.455 e. The first-order valence-electron chi connectivity index (χ1n) is 6.67. The van der Waals surface area contributed by atoms with Gasteiger partial charge in [0, 0.05) is 24.7 Å². The normalized spacial score (nSPS) is 27.2. The van der Waals surface area contributed by atoms with Gasteiger partial charge in [0.1, 0.15) is 11.3 Å². The fraction of sp³-hybridized carbons (Fsp3) is 0.400. The number of furan rings is 1. The molecule has 2 aromatic rings. The van der Waals surface area contributed by atoms with Gasteiger partial charge in [0.15, 0.2) is 5.58 Å². The molecule has 1 aliphatic heterocycles. The number of fused-ring (bicyclic) bond motifs is 2. The Labute approximate surface area is 106 Å². The lowest BCUT2D eigenvalue weighted by atomic mass is 9.85. The minimum Gasteiger partial charge on any atom is -0.455 e. The molecule has 3 heterocycles. The lowest BCUT2D eigenvalue weighted by molar-refractivity contribution is 0.326. The topological polar surface area (TPSA) is 38.1 Å².